The molecule has 6 nitrogen and oxygen atoms in total. The Hall–Kier alpha value is -2.54. The summed E-state index contributed by atoms with van der Waals surface area (Å²) >= 11 is 1.31. The number of carbonyl (C=O) groups excluding carboxylic acids is 1. The molecule has 0 bridgehead atoms. The molecule has 0 aromatic carbocycles. The minimum Gasteiger partial charge on any atom is -0.347 e. The second-order valence-corrected chi connectivity index (χ2v) is 7.57. The lowest BCUT2D eigenvalue weighted by molar-refractivity contribution is 0.0954. The van der Waals surface area contributed by atoms with Crippen LogP contribution in [0.25, 0.3) is 10.2 Å². The zero-order valence-corrected chi connectivity index (χ0v) is 15.4. The van der Waals surface area contributed by atoms with Gasteiger partial charge in [0, 0.05) is 31.9 Å². The molecule has 1 aliphatic heterocycles. The van der Waals surface area contributed by atoms with Gasteiger partial charge < -0.3 is 5.32 Å². The number of amides is 1. The molecule has 0 atom stereocenters. The summed E-state index contributed by atoms with van der Waals surface area (Å²) in [4.78, 5) is 35.5. The maximum absolute atomic E-state index is 13.0. The molecule has 0 fully saturated rings. The van der Waals surface area contributed by atoms with Gasteiger partial charge in [0.05, 0.1) is 10.3 Å². The van der Waals surface area contributed by atoms with Crippen LogP contribution in [0.5, 0.6) is 0 Å². The first-order chi connectivity index (χ1) is 12.6. The van der Waals surface area contributed by atoms with Crippen LogP contribution in [0, 0.1) is 6.92 Å². The van der Waals surface area contributed by atoms with Gasteiger partial charge >= 0.3 is 0 Å². The Balaban J connectivity index is 1.68. The molecule has 0 radical (unpaired) electrons. The van der Waals surface area contributed by atoms with Crippen LogP contribution >= 0.6 is 11.3 Å². The fourth-order valence-corrected chi connectivity index (χ4v) is 4.50. The molecule has 0 unspecified atom stereocenters. The van der Waals surface area contributed by atoms with Gasteiger partial charge in [-0.2, -0.15) is 0 Å². The van der Waals surface area contributed by atoms with Gasteiger partial charge in [-0.15, -0.1) is 11.3 Å². The summed E-state index contributed by atoms with van der Waals surface area (Å²) in [6.07, 6.45) is 7.40. The first-order valence-corrected chi connectivity index (χ1v) is 9.66. The molecule has 4 rings (SSSR count). The Morgan fingerprint density at radius 3 is 2.88 bits per heavy atom. The molecular formula is C19H20N4O2S. The molecule has 1 aliphatic rings. The number of hydrogen-bond donors (Lipinski definition) is 1. The summed E-state index contributed by atoms with van der Waals surface area (Å²) < 4.78 is 1.80. The van der Waals surface area contributed by atoms with Crippen molar-refractivity contribution in [3.05, 3.63) is 56.7 Å². The number of hydrogen-bond acceptors (Lipinski definition) is 5. The molecular weight excluding hydrogens is 348 g/mol. The van der Waals surface area contributed by atoms with E-state index in [2.05, 4.69) is 10.3 Å². The third kappa shape index (κ3) is 3.03. The first kappa shape index (κ1) is 16.9. The van der Waals surface area contributed by atoms with Crippen molar-refractivity contribution >= 4 is 27.5 Å². The standard InChI is InChI=1S/C19H20N4O2S/c1-12-15-18(22-14-5-3-2-4-10-23(14)19(15)25)26-16(12)17(24)21-11-13-6-8-20-9-7-13/h6-9H,2-5,10-11H2,1H3,(H,21,24). The van der Waals surface area contributed by atoms with Gasteiger partial charge in [-0.3, -0.25) is 19.1 Å². The second-order valence-electron chi connectivity index (χ2n) is 6.57. The van der Waals surface area contributed by atoms with E-state index in [1.807, 2.05) is 19.1 Å². The van der Waals surface area contributed by atoms with Crippen molar-refractivity contribution in [2.45, 2.75) is 45.7 Å². The van der Waals surface area contributed by atoms with Crippen LogP contribution in [0.3, 0.4) is 0 Å². The number of fused-ring (bicyclic) bond motifs is 2. The molecule has 0 spiro atoms. The summed E-state index contributed by atoms with van der Waals surface area (Å²) in [5.41, 5.74) is 1.71. The van der Waals surface area contributed by atoms with E-state index >= 15 is 0 Å². The minimum absolute atomic E-state index is 0.00571. The number of carbonyl (C=O) groups is 1. The number of aromatic nitrogens is 3. The average molecular weight is 368 g/mol. The topological polar surface area (TPSA) is 76.9 Å². The average Bonchev–Trinajstić information content (AvgIpc) is 2.82. The van der Waals surface area contributed by atoms with Crippen molar-refractivity contribution in [2.24, 2.45) is 0 Å². The van der Waals surface area contributed by atoms with Gasteiger partial charge in [0.1, 0.15) is 10.7 Å². The largest absolute Gasteiger partial charge is 0.347 e. The maximum Gasteiger partial charge on any atom is 0.262 e. The Kier molecular flexibility index (Phi) is 4.55. The molecule has 7 heteroatoms. The van der Waals surface area contributed by atoms with Crippen molar-refractivity contribution in [3.8, 4) is 0 Å². The van der Waals surface area contributed by atoms with Gasteiger partial charge in [-0.25, -0.2) is 4.98 Å². The van der Waals surface area contributed by atoms with E-state index in [4.69, 9.17) is 4.98 Å². The molecule has 26 heavy (non-hydrogen) atoms. The number of aryl methyl sites for hydroxylation is 2. The highest BCUT2D eigenvalue weighted by Crippen LogP contribution is 2.28. The van der Waals surface area contributed by atoms with E-state index in [-0.39, 0.29) is 11.5 Å². The number of nitrogens with one attached hydrogen (secondary N) is 1. The predicted octanol–water partition coefficient (Wildman–Crippen LogP) is 2.82. The van der Waals surface area contributed by atoms with Crippen molar-refractivity contribution < 1.29 is 4.79 Å². The highest BCUT2D eigenvalue weighted by molar-refractivity contribution is 7.20. The SMILES string of the molecule is Cc1c(C(=O)NCc2ccncc2)sc2nc3n(c(=O)c12)CCCCC3. The monoisotopic (exact) mass is 368 g/mol. The van der Waals surface area contributed by atoms with Gasteiger partial charge in [-0.05, 0) is 43.0 Å². The molecule has 0 aliphatic carbocycles. The Morgan fingerprint density at radius 2 is 2.08 bits per heavy atom. The fourth-order valence-electron chi connectivity index (χ4n) is 3.39. The van der Waals surface area contributed by atoms with Crippen molar-refractivity contribution in [3.63, 3.8) is 0 Å². The van der Waals surface area contributed by atoms with Crippen LogP contribution in [-0.4, -0.2) is 20.4 Å². The molecule has 0 saturated heterocycles. The highest BCUT2D eigenvalue weighted by atomic mass is 32.1. The van der Waals surface area contributed by atoms with Crippen LogP contribution in [0.4, 0.5) is 0 Å². The summed E-state index contributed by atoms with van der Waals surface area (Å²) in [5.74, 6) is 0.687. The number of pyridine rings is 1. The Bertz CT molecular complexity index is 1020. The predicted molar refractivity (Wildman–Crippen MR) is 102 cm³/mol. The van der Waals surface area contributed by atoms with Gasteiger partial charge in [-0.1, -0.05) is 6.42 Å². The summed E-state index contributed by atoms with van der Waals surface area (Å²) in [6, 6.07) is 3.73. The second kappa shape index (κ2) is 6.99. The summed E-state index contributed by atoms with van der Waals surface area (Å²) in [6.45, 7) is 2.99. The Labute approximate surface area is 154 Å². The maximum atomic E-state index is 13.0. The lowest BCUT2D eigenvalue weighted by Gasteiger charge is -2.08. The minimum atomic E-state index is -0.165. The quantitative estimate of drug-likeness (QED) is 0.771. The van der Waals surface area contributed by atoms with Crippen LogP contribution in [0.2, 0.25) is 0 Å². The summed E-state index contributed by atoms with van der Waals surface area (Å²) in [7, 11) is 0. The van der Waals surface area contributed by atoms with Crippen molar-refractivity contribution in [1.29, 1.82) is 0 Å². The van der Waals surface area contributed by atoms with Crippen LogP contribution in [0.1, 0.15) is 45.9 Å². The van der Waals surface area contributed by atoms with Crippen molar-refractivity contribution in [1.82, 2.24) is 19.9 Å². The molecule has 0 saturated carbocycles. The molecule has 1 N–H and O–H groups in total. The van der Waals surface area contributed by atoms with E-state index in [1.165, 1.54) is 11.3 Å². The highest BCUT2D eigenvalue weighted by Gasteiger charge is 2.22. The normalized spacial score (nSPS) is 14.0. The lowest BCUT2D eigenvalue weighted by Crippen LogP contribution is -2.25. The first-order valence-electron chi connectivity index (χ1n) is 8.85. The Morgan fingerprint density at radius 1 is 1.27 bits per heavy atom. The number of rotatable bonds is 3. The zero-order valence-electron chi connectivity index (χ0n) is 14.6. The zero-order chi connectivity index (χ0) is 18.1. The lowest BCUT2D eigenvalue weighted by atomic mass is 10.2. The van der Waals surface area contributed by atoms with Gasteiger partial charge in [0.25, 0.3) is 11.5 Å². The number of thiophene rings is 1. The third-order valence-electron chi connectivity index (χ3n) is 4.82. The fraction of sp³-hybridized carbons (Fsp3) is 0.368. The van der Waals surface area contributed by atoms with E-state index < -0.39 is 0 Å². The molecule has 3 aromatic rings. The van der Waals surface area contributed by atoms with Gasteiger partial charge in [0.2, 0.25) is 0 Å². The number of nitrogens with zero attached hydrogens (tertiary/aromatic N) is 3. The summed E-state index contributed by atoms with van der Waals surface area (Å²) in [5, 5.41) is 3.52. The molecule has 4 heterocycles. The third-order valence-corrected chi connectivity index (χ3v) is 6.00. The molecule has 3 aromatic heterocycles. The van der Waals surface area contributed by atoms with Crippen LogP contribution < -0.4 is 10.9 Å². The van der Waals surface area contributed by atoms with Crippen LogP contribution in [-0.2, 0) is 19.5 Å². The van der Waals surface area contributed by atoms with E-state index in [0.717, 1.165) is 49.2 Å². The smallest absolute Gasteiger partial charge is 0.262 e. The van der Waals surface area contributed by atoms with Crippen LogP contribution in [0.15, 0.2) is 29.3 Å². The van der Waals surface area contributed by atoms with Crippen molar-refractivity contribution in [2.75, 3.05) is 0 Å². The van der Waals surface area contributed by atoms with E-state index in [1.54, 1.807) is 17.0 Å². The van der Waals surface area contributed by atoms with Gasteiger partial charge in [0.15, 0.2) is 0 Å². The van der Waals surface area contributed by atoms with E-state index in [9.17, 15) is 9.59 Å². The molecule has 134 valence electrons. The molecule has 1 amide bonds. The van der Waals surface area contributed by atoms with E-state index in [0.29, 0.717) is 21.6 Å².